The van der Waals surface area contributed by atoms with Gasteiger partial charge < -0.3 is 14.3 Å². The summed E-state index contributed by atoms with van der Waals surface area (Å²) in [6, 6.07) is 6.44. The highest BCUT2D eigenvalue weighted by molar-refractivity contribution is 6.74. The Labute approximate surface area is 255 Å². The van der Waals surface area contributed by atoms with Gasteiger partial charge in [-0.1, -0.05) is 52.3 Å². The highest BCUT2D eigenvalue weighted by Gasteiger charge is 2.63. The molecule has 1 aromatic carbocycles. The molecule has 1 aromatic rings. The fraction of sp³-hybridized carbons (Fsp3) is 0.765. The SMILES string of the molecule is COc1ccc2c(c1)CC[C@]1(C=CCCCC[C@@H](O)C(F)(F)C(F)(F)F)[C@@H]2CC[C@]2(C)[C@@H](O[Si](C)(C)C(C)(C)C)CC[C@H]21. The summed E-state index contributed by atoms with van der Waals surface area (Å²) >= 11 is 0. The zero-order valence-electron chi connectivity index (χ0n) is 26.9. The molecule has 0 aromatic heterocycles. The number of fused-ring (bicyclic) bond motifs is 5. The predicted molar refractivity (Wildman–Crippen MR) is 163 cm³/mol. The molecule has 0 spiro atoms. The fourth-order valence-electron chi connectivity index (χ4n) is 8.11. The number of aliphatic hydroxyl groups excluding tert-OH is 1. The van der Waals surface area contributed by atoms with Gasteiger partial charge in [-0.25, -0.2) is 0 Å². The number of ether oxygens (including phenoxy) is 1. The van der Waals surface area contributed by atoms with Crippen LogP contribution < -0.4 is 4.74 Å². The number of rotatable bonds is 10. The number of allylic oxidation sites excluding steroid dienone is 2. The fourth-order valence-corrected chi connectivity index (χ4v) is 9.56. The van der Waals surface area contributed by atoms with Gasteiger partial charge in [0.25, 0.3) is 0 Å². The quantitative estimate of drug-likeness (QED) is 0.121. The number of hydrogen-bond acceptors (Lipinski definition) is 3. The van der Waals surface area contributed by atoms with Crippen molar-refractivity contribution in [2.75, 3.05) is 7.11 Å². The van der Waals surface area contributed by atoms with E-state index in [1.807, 2.05) is 6.07 Å². The van der Waals surface area contributed by atoms with Crippen molar-refractivity contribution < 1.29 is 36.2 Å². The lowest BCUT2D eigenvalue weighted by atomic mass is 9.47. The second-order valence-electron chi connectivity index (χ2n) is 15.1. The number of halogens is 5. The van der Waals surface area contributed by atoms with Crippen molar-refractivity contribution >= 4 is 8.32 Å². The summed E-state index contributed by atoms with van der Waals surface area (Å²) < 4.78 is 77.4. The molecule has 0 amide bonds. The average Bonchev–Trinajstić information content (AvgIpc) is 3.24. The summed E-state index contributed by atoms with van der Waals surface area (Å²) in [5, 5.41) is 9.66. The van der Waals surface area contributed by atoms with Gasteiger partial charge in [0, 0.05) is 0 Å². The number of benzene rings is 1. The number of aliphatic hydroxyl groups is 1. The maximum Gasteiger partial charge on any atom is 0.456 e. The number of methoxy groups -OCH3 is 1. The van der Waals surface area contributed by atoms with Crippen LogP contribution in [0.2, 0.25) is 18.1 Å². The summed E-state index contributed by atoms with van der Waals surface area (Å²) in [7, 11) is -0.292. The topological polar surface area (TPSA) is 38.7 Å². The van der Waals surface area contributed by atoms with Gasteiger partial charge in [-0.3, -0.25) is 0 Å². The highest BCUT2D eigenvalue weighted by Crippen LogP contribution is 2.68. The highest BCUT2D eigenvalue weighted by atomic mass is 28.4. The number of alkyl halides is 5. The van der Waals surface area contributed by atoms with Crippen LogP contribution in [-0.2, 0) is 10.8 Å². The molecule has 4 rings (SSSR count). The van der Waals surface area contributed by atoms with E-state index in [1.54, 1.807) is 7.11 Å². The van der Waals surface area contributed by atoms with Crippen LogP contribution in [0.5, 0.6) is 5.75 Å². The molecule has 43 heavy (non-hydrogen) atoms. The van der Waals surface area contributed by atoms with Crippen molar-refractivity contribution in [1.82, 2.24) is 0 Å². The van der Waals surface area contributed by atoms with E-state index in [-0.39, 0.29) is 28.4 Å². The van der Waals surface area contributed by atoms with E-state index < -0.39 is 32.9 Å². The minimum absolute atomic E-state index is 0.0353. The monoisotopic (exact) mass is 630 g/mol. The zero-order chi connectivity index (χ0) is 32.1. The van der Waals surface area contributed by atoms with Gasteiger partial charge in [-0.05, 0) is 122 Å². The summed E-state index contributed by atoms with van der Waals surface area (Å²) in [5.74, 6) is -3.46. The molecular weight excluding hydrogens is 579 g/mol. The van der Waals surface area contributed by atoms with Crippen LogP contribution in [0.1, 0.15) is 103 Å². The first-order chi connectivity index (χ1) is 19.8. The Kier molecular flexibility index (Phi) is 9.64. The van der Waals surface area contributed by atoms with E-state index in [0.29, 0.717) is 24.7 Å². The van der Waals surface area contributed by atoms with Crippen LogP contribution in [0.15, 0.2) is 30.4 Å². The van der Waals surface area contributed by atoms with Crippen molar-refractivity contribution in [2.24, 2.45) is 16.7 Å². The van der Waals surface area contributed by atoms with Crippen LogP contribution in [0.3, 0.4) is 0 Å². The minimum Gasteiger partial charge on any atom is -0.497 e. The van der Waals surface area contributed by atoms with Gasteiger partial charge in [0.2, 0.25) is 0 Å². The zero-order valence-corrected chi connectivity index (χ0v) is 27.9. The Morgan fingerprint density at radius 3 is 2.37 bits per heavy atom. The number of unbranched alkanes of at least 4 members (excludes halogenated alkanes) is 2. The molecule has 2 saturated carbocycles. The summed E-state index contributed by atoms with van der Waals surface area (Å²) in [6.45, 7) is 13.9. The minimum atomic E-state index is -5.75. The first kappa shape index (κ1) is 34.4. The predicted octanol–water partition coefficient (Wildman–Crippen LogP) is 9.99. The maximum atomic E-state index is 13.5. The second-order valence-corrected chi connectivity index (χ2v) is 19.9. The smallest absolute Gasteiger partial charge is 0.456 e. The van der Waals surface area contributed by atoms with E-state index in [1.165, 1.54) is 11.1 Å². The van der Waals surface area contributed by atoms with Crippen LogP contribution in [0, 0.1) is 16.7 Å². The van der Waals surface area contributed by atoms with Gasteiger partial charge in [0.15, 0.2) is 8.32 Å². The molecule has 9 heteroatoms. The standard InChI is InChI=1S/C34H51F5O3Si/c1-30(2,3)43(6,7)42-29-16-15-27-31(29,4)20-18-26-25-14-13-24(41-5)22-23(25)17-21-32(26,27)19-11-9-8-10-12-28(40)33(35,36)34(37,38)39/h11,13-14,19,22,26-29,40H,8-10,12,15-18,20-21H2,1-7H3/t26-,27-,28-,29+,31+,32-/m1/s1. The first-order valence-electron chi connectivity index (χ1n) is 15.9. The van der Waals surface area contributed by atoms with E-state index in [2.05, 4.69) is 65.1 Å². The van der Waals surface area contributed by atoms with Gasteiger partial charge in [-0.2, -0.15) is 22.0 Å². The van der Waals surface area contributed by atoms with Crippen LogP contribution >= 0.6 is 0 Å². The third-order valence-electron chi connectivity index (χ3n) is 11.6. The Balaban J connectivity index is 1.56. The Morgan fingerprint density at radius 2 is 1.74 bits per heavy atom. The van der Waals surface area contributed by atoms with Crippen molar-refractivity contribution in [3.05, 3.63) is 41.5 Å². The molecule has 0 bridgehead atoms. The lowest BCUT2D eigenvalue weighted by Crippen LogP contribution is -2.53. The normalized spacial score (nSPS) is 30.6. The summed E-state index contributed by atoms with van der Waals surface area (Å²) in [4.78, 5) is 0. The molecule has 3 aliphatic carbocycles. The Bertz CT molecular complexity index is 1160. The molecule has 1 N–H and O–H groups in total. The van der Waals surface area contributed by atoms with E-state index in [9.17, 15) is 27.1 Å². The van der Waals surface area contributed by atoms with Crippen LogP contribution in [-0.4, -0.2) is 44.8 Å². The molecule has 0 unspecified atom stereocenters. The third-order valence-corrected chi connectivity index (χ3v) is 16.1. The average molecular weight is 631 g/mol. The van der Waals surface area contributed by atoms with Crippen molar-refractivity contribution in [3.63, 3.8) is 0 Å². The third kappa shape index (κ3) is 6.33. The molecule has 3 nitrogen and oxygen atoms in total. The van der Waals surface area contributed by atoms with E-state index in [0.717, 1.165) is 44.3 Å². The number of hydrogen-bond donors (Lipinski definition) is 1. The van der Waals surface area contributed by atoms with Crippen molar-refractivity contribution in [2.45, 2.75) is 140 Å². The molecule has 6 atom stereocenters. The molecule has 0 radical (unpaired) electrons. The Hall–Kier alpha value is -1.45. The molecule has 0 heterocycles. The lowest BCUT2D eigenvalue weighted by molar-refractivity contribution is -0.313. The number of aryl methyl sites for hydroxylation is 1. The van der Waals surface area contributed by atoms with Gasteiger partial charge in [0.1, 0.15) is 11.9 Å². The molecule has 0 aliphatic heterocycles. The van der Waals surface area contributed by atoms with Crippen LogP contribution in [0.25, 0.3) is 0 Å². The molecule has 2 fully saturated rings. The van der Waals surface area contributed by atoms with Crippen molar-refractivity contribution in [3.8, 4) is 5.75 Å². The first-order valence-corrected chi connectivity index (χ1v) is 18.9. The van der Waals surface area contributed by atoms with Crippen LogP contribution in [0.4, 0.5) is 22.0 Å². The van der Waals surface area contributed by atoms with Gasteiger partial charge in [0.05, 0.1) is 13.2 Å². The molecular formula is C34H51F5O3Si. The lowest BCUT2D eigenvalue weighted by Gasteiger charge is -2.58. The summed E-state index contributed by atoms with van der Waals surface area (Å²) in [5.41, 5.74) is 2.67. The van der Waals surface area contributed by atoms with E-state index in [4.69, 9.17) is 9.16 Å². The maximum absolute atomic E-state index is 13.5. The molecule has 3 aliphatic rings. The second kappa shape index (κ2) is 12.0. The van der Waals surface area contributed by atoms with Crippen molar-refractivity contribution in [1.29, 1.82) is 0 Å². The molecule has 0 saturated heterocycles. The van der Waals surface area contributed by atoms with Gasteiger partial charge in [-0.15, -0.1) is 0 Å². The van der Waals surface area contributed by atoms with Gasteiger partial charge >= 0.3 is 12.1 Å². The molecule has 244 valence electrons. The summed E-state index contributed by atoms with van der Waals surface area (Å²) in [6.07, 6.45) is 2.96. The van der Waals surface area contributed by atoms with E-state index >= 15 is 0 Å². The Morgan fingerprint density at radius 1 is 1.05 bits per heavy atom. The largest absolute Gasteiger partial charge is 0.497 e.